The van der Waals surface area contributed by atoms with Crippen molar-refractivity contribution in [3.63, 3.8) is 0 Å². The van der Waals surface area contributed by atoms with Crippen LogP contribution in [0.2, 0.25) is 0 Å². The zero-order valence-electron chi connectivity index (χ0n) is 8.76. The van der Waals surface area contributed by atoms with E-state index in [4.69, 9.17) is 5.73 Å². The molecule has 1 atom stereocenters. The molecular weight excluding hydrogens is 162 g/mol. The molecule has 3 N–H and O–H groups in total. The van der Waals surface area contributed by atoms with Gasteiger partial charge in [0.25, 0.3) is 0 Å². The molecule has 1 heterocycles. The zero-order valence-corrected chi connectivity index (χ0v) is 8.76. The highest BCUT2D eigenvalue weighted by molar-refractivity contribution is 4.74. The summed E-state index contributed by atoms with van der Waals surface area (Å²) in [6, 6.07) is 0. The number of hydrogen-bond acceptors (Lipinski definition) is 3. The van der Waals surface area contributed by atoms with Gasteiger partial charge in [-0.1, -0.05) is 13.3 Å². The van der Waals surface area contributed by atoms with Crippen LogP contribution in [0.4, 0.5) is 0 Å². The van der Waals surface area contributed by atoms with Gasteiger partial charge in [0.1, 0.15) is 0 Å². The number of nitrogens with two attached hydrogens (primary N) is 1. The van der Waals surface area contributed by atoms with Crippen LogP contribution in [-0.2, 0) is 0 Å². The van der Waals surface area contributed by atoms with Crippen molar-refractivity contribution < 1.29 is 0 Å². The number of rotatable bonds is 6. The first-order valence-corrected chi connectivity index (χ1v) is 5.50. The summed E-state index contributed by atoms with van der Waals surface area (Å²) in [6.07, 6.45) is 2.74. The third kappa shape index (κ3) is 4.07. The van der Waals surface area contributed by atoms with Crippen LogP contribution in [0, 0.1) is 5.92 Å². The Morgan fingerprint density at radius 2 is 2.31 bits per heavy atom. The molecule has 1 fully saturated rings. The van der Waals surface area contributed by atoms with E-state index >= 15 is 0 Å². The molecule has 78 valence electrons. The van der Waals surface area contributed by atoms with E-state index in [-0.39, 0.29) is 0 Å². The fourth-order valence-corrected chi connectivity index (χ4v) is 1.91. The Morgan fingerprint density at radius 3 is 2.92 bits per heavy atom. The Balaban J connectivity index is 1.97. The Labute approximate surface area is 81.7 Å². The topological polar surface area (TPSA) is 41.3 Å². The van der Waals surface area contributed by atoms with Crippen LogP contribution >= 0.6 is 0 Å². The maximum absolute atomic E-state index is 5.39. The predicted octanol–water partition coefficient (Wildman–Crippen LogP) is 0.267. The van der Waals surface area contributed by atoms with Gasteiger partial charge in [-0.25, -0.2) is 0 Å². The van der Waals surface area contributed by atoms with Crippen LogP contribution in [0.3, 0.4) is 0 Å². The van der Waals surface area contributed by atoms with E-state index in [0.29, 0.717) is 0 Å². The Bertz CT molecular complexity index is 127. The van der Waals surface area contributed by atoms with Crippen molar-refractivity contribution in [3.8, 4) is 0 Å². The molecule has 1 aliphatic heterocycles. The van der Waals surface area contributed by atoms with E-state index in [1.165, 1.54) is 32.5 Å². The lowest BCUT2D eigenvalue weighted by molar-refractivity contribution is 0.321. The SMILES string of the molecule is CCC1CCN(CCNCCN)C1. The molecule has 3 heteroatoms. The molecule has 1 aliphatic rings. The highest BCUT2D eigenvalue weighted by atomic mass is 15.2. The van der Waals surface area contributed by atoms with Crippen LogP contribution < -0.4 is 11.1 Å². The van der Waals surface area contributed by atoms with Gasteiger partial charge in [0.2, 0.25) is 0 Å². The molecule has 0 amide bonds. The maximum Gasteiger partial charge on any atom is 0.0107 e. The summed E-state index contributed by atoms with van der Waals surface area (Å²) in [7, 11) is 0. The number of hydrogen-bond donors (Lipinski definition) is 2. The van der Waals surface area contributed by atoms with Gasteiger partial charge in [-0.05, 0) is 18.9 Å². The minimum absolute atomic E-state index is 0.748. The van der Waals surface area contributed by atoms with E-state index in [2.05, 4.69) is 17.1 Å². The standard InChI is InChI=1S/C10H23N3/c1-2-10-3-7-13(9-10)8-6-12-5-4-11/h10,12H,2-9,11H2,1H3. The highest BCUT2D eigenvalue weighted by Gasteiger charge is 2.19. The summed E-state index contributed by atoms with van der Waals surface area (Å²) in [4.78, 5) is 2.55. The van der Waals surface area contributed by atoms with E-state index in [9.17, 15) is 0 Å². The summed E-state index contributed by atoms with van der Waals surface area (Å²) >= 11 is 0. The van der Waals surface area contributed by atoms with Gasteiger partial charge in [-0.2, -0.15) is 0 Å². The molecule has 0 radical (unpaired) electrons. The quantitative estimate of drug-likeness (QED) is 0.584. The minimum Gasteiger partial charge on any atom is -0.329 e. The van der Waals surface area contributed by atoms with E-state index in [1.54, 1.807) is 0 Å². The molecule has 0 aromatic heterocycles. The summed E-state index contributed by atoms with van der Waals surface area (Å²) in [6.45, 7) is 8.87. The van der Waals surface area contributed by atoms with Gasteiger partial charge in [0, 0.05) is 32.7 Å². The third-order valence-electron chi connectivity index (χ3n) is 2.87. The molecule has 0 aliphatic carbocycles. The number of likely N-dealkylation sites (tertiary alicyclic amines) is 1. The van der Waals surface area contributed by atoms with Gasteiger partial charge < -0.3 is 16.0 Å². The maximum atomic E-state index is 5.39. The molecule has 0 bridgehead atoms. The van der Waals surface area contributed by atoms with Crippen molar-refractivity contribution in [2.45, 2.75) is 19.8 Å². The molecule has 0 aromatic rings. The average Bonchev–Trinajstić information content (AvgIpc) is 2.60. The molecule has 0 saturated carbocycles. The fourth-order valence-electron chi connectivity index (χ4n) is 1.91. The summed E-state index contributed by atoms with van der Waals surface area (Å²) < 4.78 is 0. The van der Waals surface area contributed by atoms with E-state index in [0.717, 1.165) is 25.6 Å². The van der Waals surface area contributed by atoms with Crippen LogP contribution in [0.5, 0.6) is 0 Å². The van der Waals surface area contributed by atoms with Crippen LogP contribution in [0.25, 0.3) is 0 Å². The second-order valence-corrected chi connectivity index (χ2v) is 3.90. The lowest BCUT2D eigenvalue weighted by Gasteiger charge is -2.15. The lowest BCUT2D eigenvalue weighted by atomic mass is 10.1. The lowest BCUT2D eigenvalue weighted by Crippen LogP contribution is -2.32. The summed E-state index contributed by atoms with van der Waals surface area (Å²) in [5.41, 5.74) is 5.39. The first-order valence-electron chi connectivity index (χ1n) is 5.50. The van der Waals surface area contributed by atoms with Crippen molar-refractivity contribution in [2.24, 2.45) is 11.7 Å². The van der Waals surface area contributed by atoms with E-state index < -0.39 is 0 Å². The molecule has 0 aromatic carbocycles. The van der Waals surface area contributed by atoms with Crippen molar-refractivity contribution >= 4 is 0 Å². The van der Waals surface area contributed by atoms with Crippen molar-refractivity contribution in [3.05, 3.63) is 0 Å². The Morgan fingerprint density at radius 1 is 1.46 bits per heavy atom. The van der Waals surface area contributed by atoms with Crippen molar-refractivity contribution in [1.29, 1.82) is 0 Å². The monoisotopic (exact) mass is 185 g/mol. The van der Waals surface area contributed by atoms with Crippen molar-refractivity contribution in [2.75, 3.05) is 39.3 Å². The molecule has 3 nitrogen and oxygen atoms in total. The highest BCUT2D eigenvalue weighted by Crippen LogP contribution is 2.17. The van der Waals surface area contributed by atoms with Crippen molar-refractivity contribution in [1.82, 2.24) is 10.2 Å². The average molecular weight is 185 g/mol. The third-order valence-corrected chi connectivity index (χ3v) is 2.87. The molecule has 0 spiro atoms. The minimum atomic E-state index is 0.748. The molecule has 13 heavy (non-hydrogen) atoms. The first kappa shape index (κ1) is 11.0. The Kier molecular flexibility index (Phi) is 5.35. The second-order valence-electron chi connectivity index (χ2n) is 3.90. The van der Waals surface area contributed by atoms with E-state index in [1.807, 2.05) is 0 Å². The largest absolute Gasteiger partial charge is 0.329 e. The van der Waals surface area contributed by atoms with Gasteiger partial charge >= 0.3 is 0 Å². The van der Waals surface area contributed by atoms with Gasteiger partial charge in [0.05, 0.1) is 0 Å². The summed E-state index contributed by atoms with van der Waals surface area (Å²) in [5, 5.41) is 3.33. The Hall–Kier alpha value is -0.120. The first-order chi connectivity index (χ1) is 6.36. The van der Waals surface area contributed by atoms with Crippen LogP contribution in [-0.4, -0.2) is 44.2 Å². The zero-order chi connectivity index (χ0) is 9.52. The molecule has 1 rings (SSSR count). The number of nitrogens with one attached hydrogen (secondary N) is 1. The molecule has 1 saturated heterocycles. The number of nitrogens with zero attached hydrogens (tertiary/aromatic N) is 1. The smallest absolute Gasteiger partial charge is 0.0107 e. The predicted molar refractivity (Wildman–Crippen MR) is 56.8 cm³/mol. The molecule has 1 unspecified atom stereocenters. The molecular formula is C10H23N3. The fraction of sp³-hybridized carbons (Fsp3) is 1.00. The van der Waals surface area contributed by atoms with Gasteiger partial charge in [-0.3, -0.25) is 0 Å². The van der Waals surface area contributed by atoms with Gasteiger partial charge in [0.15, 0.2) is 0 Å². The summed E-state index contributed by atoms with van der Waals surface area (Å²) in [5.74, 6) is 0.953. The van der Waals surface area contributed by atoms with Crippen LogP contribution in [0.15, 0.2) is 0 Å². The van der Waals surface area contributed by atoms with Crippen LogP contribution in [0.1, 0.15) is 19.8 Å². The second kappa shape index (κ2) is 6.35. The van der Waals surface area contributed by atoms with Gasteiger partial charge in [-0.15, -0.1) is 0 Å². The normalized spacial score (nSPS) is 24.0.